The van der Waals surface area contributed by atoms with Gasteiger partial charge in [0.25, 0.3) is 17.0 Å². The molecule has 1 saturated carbocycles. The fourth-order valence-corrected chi connectivity index (χ4v) is 3.54. The summed E-state index contributed by atoms with van der Waals surface area (Å²) < 4.78 is 5.50. The summed E-state index contributed by atoms with van der Waals surface area (Å²) in [7, 11) is 0. The van der Waals surface area contributed by atoms with Crippen molar-refractivity contribution in [2.75, 3.05) is 13.2 Å². The van der Waals surface area contributed by atoms with Crippen molar-refractivity contribution in [1.29, 1.82) is 0 Å². The lowest BCUT2D eigenvalue weighted by molar-refractivity contribution is 0.0627. The Balaban J connectivity index is 1.49. The SMILES string of the molecule is Cc1ccc2c(c1)C(=O)N(CCOC(=S)NC1CCCCC1)C2=O. The first-order chi connectivity index (χ1) is 11.6. The molecule has 5 nitrogen and oxygen atoms in total. The number of nitrogens with zero attached hydrogens (tertiary/aromatic N) is 1. The van der Waals surface area contributed by atoms with Crippen LogP contribution < -0.4 is 5.32 Å². The zero-order valence-corrected chi connectivity index (χ0v) is 14.7. The molecular weight excluding hydrogens is 324 g/mol. The molecule has 1 fully saturated rings. The first-order valence-electron chi connectivity index (χ1n) is 8.46. The maximum Gasteiger partial charge on any atom is 0.261 e. The Labute approximate surface area is 147 Å². The molecule has 1 N–H and O–H groups in total. The van der Waals surface area contributed by atoms with E-state index in [0.29, 0.717) is 22.3 Å². The minimum Gasteiger partial charge on any atom is -0.469 e. The second-order valence-corrected chi connectivity index (χ2v) is 6.80. The van der Waals surface area contributed by atoms with Gasteiger partial charge in [0.15, 0.2) is 0 Å². The molecule has 0 aromatic heterocycles. The second-order valence-electron chi connectivity index (χ2n) is 6.43. The molecule has 6 heteroatoms. The predicted octanol–water partition coefficient (Wildman–Crippen LogP) is 2.81. The van der Waals surface area contributed by atoms with E-state index in [2.05, 4.69) is 5.32 Å². The number of fused-ring (bicyclic) bond motifs is 1. The third kappa shape index (κ3) is 3.59. The van der Waals surface area contributed by atoms with E-state index in [1.807, 2.05) is 13.0 Å². The maximum absolute atomic E-state index is 12.4. The Morgan fingerprint density at radius 1 is 1.21 bits per heavy atom. The zero-order valence-electron chi connectivity index (χ0n) is 13.8. The summed E-state index contributed by atoms with van der Waals surface area (Å²) in [5, 5.41) is 3.57. The lowest BCUT2D eigenvalue weighted by Gasteiger charge is -2.24. The van der Waals surface area contributed by atoms with Crippen molar-refractivity contribution in [2.24, 2.45) is 0 Å². The fraction of sp³-hybridized carbons (Fsp3) is 0.500. The van der Waals surface area contributed by atoms with Gasteiger partial charge in [-0.15, -0.1) is 0 Å². The third-order valence-corrected chi connectivity index (χ3v) is 4.84. The van der Waals surface area contributed by atoms with Crippen molar-refractivity contribution in [1.82, 2.24) is 10.2 Å². The average Bonchev–Trinajstić information content (AvgIpc) is 2.80. The average molecular weight is 346 g/mol. The number of carbonyl (C=O) groups is 2. The molecule has 0 bridgehead atoms. The normalized spacial score (nSPS) is 17.8. The number of benzene rings is 1. The monoisotopic (exact) mass is 346 g/mol. The van der Waals surface area contributed by atoms with Gasteiger partial charge in [-0.25, -0.2) is 0 Å². The van der Waals surface area contributed by atoms with Crippen LogP contribution in [-0.2, 0) is 4.74 Å². The molecule has 2 amide bonds. The Morgan fingerprint density at radius 3 is 2.67 bits per heavy atom. The van der Waals surface area contributed by atoms with Crippen LogP contribution in [-0.4, -0.2) is 41.1 Å². The van der Waals surface area contributed by atoms with E-state index in [1.165, 1.54) is 24.2 Å². The van der Waals surface area contributed by atoms with E-state index in [4.69, 9.17) is 17.0 Å². The number of thiocarbonyl (C=S) groups is 1. The van der Waals surface area contributed by atoms with Gasteiger partial charge in [-0.2, -0.15) is 0 Å². The van der Waals surface area contributed by atoms with Crippen molar-refractivity contribution < 1.29 is 14.3 Å². The Kier molecular flexibility index (Phi) is 5.14. The molecule has 0 saturated heterocycles. The van der Waals surface area contributed by atoms with Gasteiger partial charge in [0.05, 0.1) is 17.7 Å². The van der Waals surface area contributed by atoms with Crippen molar-refractivity contribution in [2.45, 2.75) is 45.1 Å². The van der Waals surface area contributed by atoms with Crippen LogP contribution in [0.25, 0.3) is 0 Å². The molecule has 1 heterocycles. The topological polar surface area (TPSA) is 58.6 Å². The van der Waals surface area contributed by atoms with Crippen molar-refractivity contribution >= 4 is 29.2 Å². The predicted molar refractivity (Wildman–Crippen MR) is 95.1 cm³/mol. The number of rotatable bonds is 4. The fourth-order valence-electron chi connectivity index (χ4n) is 3.29. The molecule has 0 spiro atoms. The largest absolute Gasteiger partial charge is 0.469 e. The Hall–Kier alpha value is -1.95. The zero-order chi connectivity index (χ0) is 17.1. The van der Waals surface area contributed by atoms with E-state index in [0.717, 1.165) is 18.4 Å². The van der Waals surface area contributed by atoms with Gasteiger partial charge in [0, 0.05) is 6.04 Å². The van der Waals surface area contributed by atoms with Crippen LogP contribution in [0.4, 0.5) is 0 Å². The van der Waals surface area contributed by atoms with Gasteiger partial charge >= 0.3 is 0 Å². The molecule has 3 rings (SSSR count). The van der Waals surface area contributed by atoms with Crippen LogP contribution in [0.1, 0.15) is 58.4 Å². The summed E-state index contributed by atoms with van der Waals surface area (Å²) in [6.45, 7) is 2.32. The van der Waals surface area contributed by atoms with E-state index >= 15 is 0 Å². The number of hydrogen-bond donors (Lipinski definition) is 1. The molecule has 0 atom stereocenters. The molecule has 1 aromatic rings. The number of amides is 2. The van der Waals surface area contributed by atoms with Crippen molar-refractivity contribution in [3.8, 4) is 0 Å². The minimum absolute atomic E-state index is 0.206. The molecule has 1 aliphatic carbocycles. The summed E-state index contributed by atoms with van der Waals surface area (Å²) in [5.41, 5.74) is 1.90. The van der Waals surface area contributed by atoms with Crippen molar-refractivity contribution in [3.05, 3.63) is 34.9 Å². The summed E-state index contributed by atoms with van der Waals surface area (Å²) in [4.78, 5) is 25.9. The van der Waals surface area contributed by atoms with Gasteiger partial charge < -0.3 is 10.1 Å². The van der Waals surface area contributed by atoms with Crippen LogP contribution in [0.3, 0.4) is 0 Å². The van der Waals surface area contributed by atoms with Crippen LogP contribution in [0.15, 0.2) is 18.2 Å². The smallest absolute Gasteiger partial charge is 0.261 e. The van der Waals surface area contributed by atoms with Gasteiger partial charge in [-0.1, -0.05) is 30.9 Å². The molecule has 0 unspecified atom stereocenters. The third-order valence-electron chi connectivity index (χ3n) is 4.60. The number of aryl methyl sites for hydroxylation is 1. The van der Waals surface area contributed by atoms with E-state index in [-0.39, 0.29) is 25.0 Å². The molecule has 1 aliphatic heterocycles. The summed E-state index contributed by atoms with van der Waals surface area (Å²) >= 11 is 5.20. The highest BCUT2D eigenvalue weighted by molar-refractivity contribution is 7.80. The van der Waals surface area contributed by atoms with E-state index in [9.17, 15) is 9.59 Å². The van der Waals surface area contributed by atoms with Crippen LogP contribution in [0.2, 0.25) is 0 Å². The second kappa shape index (κ2) is 7.30. The highest BCUT2D eigenvalue weighted by atomic mass is 32.1. The molecule has 1 aromatic carbocycles. The molecule has 2 aliphatic rings. The standard InChI is InChI=1S/C18H22N2O3S/c1-12-7-8-14-15(11-12)17(22)20(16(14)21)9-10-23-18(24)19-13-5-3-2-4-6-13/h7-8,11,13H,2-6,9-10H2,1H3,(H,19,24). The number of nitrogens with one attached hydrogen (secondary N) is 1. The number of carbonyl (C=O) groups excluding carboxylic acids is 2. The van der Waals surface area contributed by atoms with Crippen LogP contribution in [0, 0.1) is 6.92 Å². The van der Waals surface area contributed by atoms with Gasteiger partial charge in [0.1, 0.15) is 6.61 Å². The van der Waals surface area contributed by atoms with Crippen molar-refractivity contribution in [3.63, 3.8) is 0 Å². The summed E-state index contributed by atoms with van der Waals surface area (Å²) in [6.07, 6.45) is 5.94. The molecule has 128 valence electrons. The molecule has 24 heavy (non-hydrogen) atoms. The van der Waals surface area contributed by atoms with E-state index < -0.39 is 0 Å². The van der Waals surface area contributed by atoms with Crippen LogP contribution >= 0.6 is 12.2 Å². The lowest BCUT2D eigenvalue weighted by atomic mass is 9.96. The first-order valence-corrected chi connectivity index (χ1v) is 8.87. The first kappa shape index (κ1) is 16.9. The Bertz CT molecular complexity index is 668. The minimum atomic E-state index is -0.259. The quantitative estimate of drug-likeness (QED) is 0.671. The summed E-state index contributed by atoms with van der Waals surface area (Å²) in [6, 6.07) is 5.69. The molecular formula is C18H22N2O3S. The summed E-state index contributed by atoms with van der Waals surface area (Å²) in [5.74, 6) is -0.516. The highest BCUT2D eigenvalue weighted by Gasteiger charge is 2.35. The highest BCUT2D eigenvalue weighted by Crippen LogP contribution is 2.23. The van der Waals surface area contributed by atoms with Gasteiger partial charge in [-0.05, 0) is 44.1 Å². The van der Waals surface area contributed by atoms with E-state index in [1.54, 1.807) is 12.1 Å². The van der Waals surface area contributed by atoms with Gasteiger partial charge in [-0.3, -0.25) is 14.5 Å². The Morgan fingerprint density at radius 2 is 1.92 bits per heavy atom. The lowest BCUT2D eigenvalue weighted by Crippen LogP contribution is -2.38. The number of imide groups is 1. The molecule has 0 radical (unpaired) electrons. The maximum atomic E-state index is 12.4. The van der Waals surface area contributed by atoms with Crippen LogP contribution in [0.5, 0.6) is 0 Å². The van der Waals surface area contributed by atoms with Gasteiger partial charge in [0.2, 0.25) is 0 Å². The number of ether oxygens (including phenoxy) is 1. The number of hydrogen-bond acceptors (Lipinski definition) is 4.